The van der Waals surface area contributed by atoms with Crippen LogP contribution in [-0.2, 0) is 4.79 Å². The smallest absolute Gasteiger partial charge is 0.220 e. The SMILES string of the molecule is CCCCCCCCCCCCCC(C)(CC(=O)NC)N=[N+]=[N-]. The van der Waals surface area contributed by atoms with Crippen molar-refractivity contribution >= 4 is 5.91 Å². The van der Waals surface area contributed by atoms with Crippen molar-refractivity contribution in [2.24, 2.45) is 5.11 Å². The van der Waals surface area contributed by atoms with Crippen molar-refractivity contribution in [3.63, 3.8) is 0 Å². The van der Waals surface area contributed by atoms with E-state index >= 15 is 0 Å². The second-order valence-corrected chi connectivity index (χ2v) is 6.82. The summed E-state index contributed by atoms with van der Waals surface area (Å²) in [5.41, 5.74) is 8.10. The Bertz CT molecular complexity index is 353. The molecule has 1 unspecified atom stereocenters. The van der Waals surface area contributed by atoms with E-state index in [-0.39, 0.29) is 12.3 Å². The third-order valence-corrected chi connectivity index (χ3v) is 4.43. The van der Waals surface area contributed by atoms with Gasteiger partial charge in [0, 0.05) is 18.4 Å². The summed E-state index contributed by atoms with van der Waals surface area (Å²) in [6.07, 6.45) is 15.3. The van der Waals surface area contributed by atoms with Crippen LogP contribution in [0.3, 0.4) is 0 Å². The van der Waals surface area contributed by atoms with Crippen molar-refractivity contribution < 1.29 is 4.79 Å². The number of nitrogens with one attached hydrogen (secondary N) is 1. The quantitative estimate of drug-likeness (QED) is 0.173. The number of rotatable bonds is 15. The highest BCUT2D eigenvalue weighted by Gasteiger charge is 2.25. The number of nitrogens with zero attached hydrogens (tertiary/aromatic N) is 3. The molecule has 1 atom stereocenters. The van der Waals surface area contributed by atoms with Crippen molar-refractivity contribution in [3.8, 4) is 0 Å². The zero-order chi connectivity index (χ0) is 17.4. The summed E-state index contributed by atoms with van der Waals surface area (Å²) in [5, 5.41) is 6.45. The van der Waals surface area contributed by atoms with E-state index in [9.17, 15) is 4.79 Å². The fourth-order valence-corrected chi connectivity index (χ4v) is 2.89. The van der Waals surface area contributed by atoms with E-state index in [1.165, 1.54) is 57.8 Å². The molecule has 0 saturated heterocycles. The Morgan fingerprint density at radius 1 is 1.00 bits per heavy atom. The second-order valence-electron chi connectivity index (χ2n) is 6.82. The fraction of sp³-hybridized carbons (Fsp3) is 0.944. The number of carbonyl (C=O) groups is 1. The lowest BCUT2D eigenvalue weighted by Crippen LogP contribution is -2.31. The predicted molar refractivity (Wildman–Crippen MR) is 97.3 cm³/mol. The summed E-state index contributed by atoms with van der Waals surface area (Å²) in [6, 6.07) is 0. The van der Waals surface area contributed by atoms with Crippen LogP contribution in [0.15, 0.2) is 5.11 Å². The largest absolute Gasteiger partial charge is 0.359 e. The van der Waals surface area contributed by atoms with E-state index in [0.29, 0.717) is 0 Å². The molecule has 0 aromatic carbocycles. The van der Waals surface area contributed by atoms with Crippen LogP contribution in [0.5, 0.6) is 0 Å². The predicted octanol–water partition coefficient (Wildman–Crippen LogP) is 5.89. The number of azide groups is 1. The van der Waals surface area contributed by atoms with Gasteiger partial charge in [0.25, 0.3) is 0 Å². The van der Waals surface area contributed by atoms with E-state index in [4.69, 9.17) is 5.53 Å². The lowest BCUT2D eigenvalue weighted by atomic mass is 9.91. The van der Waals surface area contributed by atoms with E-state index < -0.39 is 5.54 Å². The molecule has 134 valence electrons. The first-order valence-corrected chi connectivity index (χ1v) is 9.35. The Hall–Kier alpha value is -1.22. The Morgan fingerprint density at radius 3 is 1.91 bits per heavy atom. The fourth-order valence-electron chi connectivity index (χ4n) is 2.89. The Labute approximate surface area is 142 Å². The topological polar surface area (TPSA) is 77.9 Å². The van der Waals surface area contributed by atoms with Crippen LogP contribution in [0.4, 0.5) is 0 Å². The highest BCUT2D eigenvalue weighted by atomic mass is 16.1. The molecule has 0 aliphatic carbocycles. The van der Waals surface area contributed by atoms with Crippen LogP contribution in [0.25, 0.3) is 10.4 Å². The summed E-state index contributed by atoms with van der Waals surface area (Å²) < 4.78 is 0. The average Bonchev–Trinajstić information content (AvgIpc) is 2.52. The molecule has 1 N–H and O–H groups in total. The van der Waals surface area contributed by atoms with E-state index in [2.05, 4.69) is 22.3 Å². The molecule has 0 aliphatic heterocycles. The third-order valence-electron chi connectivity index (χ3n) is 4.43. The number of hydrogen-bond donors (Lipinski definition) is 1. The Balaban J connectivity index is 3.67. The van der Waals surface area contributed by atoms with Gasteiger partial charge in [-0.05, 0) is 12.0 Å². The van der Waals surface area contributed by atoms with Gasteiger partial charge in [0.15, 0.2) is 0 Å². The van der Waals surface area contributed by atoms with Crippen LogP contribution in [0, 0.1) is 0 Å². The lowest BCUT2D eigenvalue weighted by molar-refractivity contribution is -0.121. The van der Waals surface area contributed by atoms with Gasteiger partial charge in [0.1, 0.15) is 0 Å². The van der Waals surface area contributed by atoms with Gasteiger partial charge in [-0.15, -0.1) is 0 Å². The molecule has 0 bridgehead atoms. The van der Waals surface area contributed by atoms with Crippen LogP contribution >= 0.6 is 0 Å². The van der Waals surface area contributed by atoms with Crippen LogP contribution < -0.4 is 5.32 Å². The Kier molecular flexibility index (Phi) is 13.6. The maximum atomic E-state index is 11.5. The monoisotopic (exact) mass is 324 g/mol. The minimum atomic E-state index is -0.589. The summed E-state index contributed by atoms with van der Waals surface area (Å²) in [4.78, 5) is 14.4. The molecule has 0 spiro atoms. The second kappa shape index (κ2) is 14.4. The lowest BCUT2D eigenvalue weighted by Gasteiger charge is -2.22. The van der Waals surface area contributed by atoms with Gasteiger partial charge in [-0.3, -0.25) is 4.79 Å². The standard InChI is InChI=1S/C18H36N4O/c1-4-5-6-7-8-9-10-11-12-13-14-15-18(2,21-22-19)16-17(23)20-3/h4-16H2,1-3H3,(H,20,23). The van der Waals surface area contributed by atoms with Crippen molar-refractivity contribution in [2.75, 3.05) is 7.05 Å². The molecule has 0 saturated carbocycles. The van der Waals surface area contributed by atoms with Crippen molar-refractivity contribution in [3.05, 3.63) is 10.4 Å². The van der Waals surface area contributed by atoms with Crippen LogP contribution in [0.2, 0.25) is 0 Å². The summed E-state index contributed by atoms with van der Waals surface area (Å²) in [7, 11) is 1.61. The van der Waals surface area contributed by atoms with Crippen molar-refractivity contribution in [1.82, 2.24) is 5.32 Å². The van der Waals surface area contributed by atoms with E-state index in [0.717, 1.165) is 19.3 Å². The molecule has 1 amide bonds. The molecule has 0 heterocycles. The number of hydrogen-bond acceptors (Lipinski definition) is 2. The van der Waals surface area contributed by atoms with E-state index in [1.54, 1.807) is 7.05 Å². The number of amides is 1. The first-order chi connectivity index (χ1) is 11.1. The zero-order valence-corrected chi connectivity index (χ0v) is 15.4. The third kappa shape index (κ3) is 13.0. The molecule has 5 heteroatoms. The summed E-state index contributed by atoms with van der Waals surface area (Å²) in [5.74, 6) is -0.0667. The first kappa shape index (κ1) is 21.8. The summed E-state index contributed by atoms with van der Waals surface area (Å²) in [6.45, 7) is 4.12. The van der Waals surface area contributed by atoms with Gasteiger partial charge in [0.2, 0.25) is 5.91 Å². The van der Waals surface area contributed by atoms with E-state index in [1.807, 2.05) is 6.92 Å². The minimum Gasteiger partial charge on any atom is -0.359 e. The maximum Gasteiger partial charge on any atom is 0.220 e. The van der Waals surface area contributed by atoms with Gasteiger partial charge < -0.3 is 5.32 Å². The van der Waals surface area contributed by atoms with Crippen molar-refractivity contribution in [2.45, 2.75) is 103 Å². The number of carbonyl (C=O) groups excluding carboxylic acids is 1. The Morgan fingerprint density at radius 2 is 1.48 bits per heavy atom. The molecule has 0 rings (SSSR count). The van der Waals surface area contributed by atoms with Crippen LogP contribution in [0.1, 0.15) is 97.3 Å². The molecule has 0 radical (unpaired) electrons. The first-order valence-electron chi connectivity index (χ1n) is 9.35. The molecule has 0 aliphatic rings. The molecule has 0 aromatic heterocycles. The molecule has 5 nitrogen and oxygen atoms in total. The highest BCUT2D eigenvalue weighted by Crippen LogP contribution is 2.24. The van der Waals surface area contributed by atoms with Gasteiger partial charge in [-0.25, -0.2) is 0 Å². The maximum absolute atomic E-state index is 11.5. The summed E-state index contributed by atoms with van der Waals surface area (Å²) >= 11 is 0. The molecule has 23 heavy (non-hydrogen) atoms. The van der Waals surface area contributed by atoms with Gasteiger partial charge in [0.05, 0.1) is 5.54 Å². The van der Waals surface area contributed by atoms with Gasteiger partial charge in [-0.1, -0.05) is 89.6 Å². The highest BCUT2D eigenvalue weighted by molar-refractivity contribution is 5.76. The molecule has 0 aromatic rings. The van der Waals surface area contributed by atoms with Gasteiger partial charge >= 0.3 is 0 Å². The number of unbranched alkanes of at least 4 members (excludes halogenated alkanes) is 10. The molecular weight excluding hydrogens is 288 g/mol. The normalized spacial score (nSPS) is 13.2. The van der Waals surface area contributed by atoms with Crippen LogP contribution in [-0.4, -0.2) is 18.5 Å². The van der Waals surface area contributed by atoms with Crippen molar-refractivity contribution in [1.29, 1.82) is 0 Å². The zero-order valence-electron chi connectivity index (χ0n) is 15.4. The minimum absolute atomic E-state index is 0.0667. The molecule has 0 fully saturated rings. The molecular formula is C18H36N4O. The van der Waals surface area contributed by atoms with Gasteiger partial charge in [-0.2, -0.15) is 0 Å². The average molecular weight is 325 g/mol.